The Labute approximate surface area is 130 Å². The van der Waals surface area contributed by atoms with Crippen molar-refractivity contribution in [3.05, 3.63) is 35.4 Å². The average molecular weight is 288 g/mol. The van der Waals surface area contributed by atoms with Crippen molar-refractivity contribution in [3.8, 4) is 0 Å². The van der Waals surface area contributed by atoms with Crippen LogP contribution in [0.1, 0.15) is 38.8 Å². The van der Waals surface area contributed by atoms with Crippen molar-refractivity contribution in [2.24, 2.45) is 17.8 Å². The number of rotatable bonds is 7. The van der Waals surface area contributed by atoms with Crippen LogP contribution in [0.4, 0.5) is 0 Å². The fraction of sp³-hybridized carbons (Fsp3) is 0.684. The van der Waals surface area contributed by atoms with Gasteiger partial charge >= 0.3 is 0 Å². The summed E-state index contributed by atoms with van der Waals surface area (Å²) < 4.78 is 0. The van der Waals surface area contributed by atoms with E-state index in [2.05, 4.69) is 62.2 Å². The van der Waals surface area contributed by atoms with Gasteiger partial charge in [0, 0.05) is 19.6 Å². The Kier molecular flexibility index (Phi) is 6.25. The Balaban J connectivity index is 1.74. The van der Waals surface area contributed by atoms with Crippen molar-refractivity contribution in [1.29, 1.82) is 0 Å². The highest BCUT2D eigenvalue weighted by molar-refractivity contribution is 5.23. The van der Waals surface area contributed by atoms with E-state index in [1.54, 1.807) is 0 Å². The topological polar surface area (TPSA) is 15.3 Å². The van der Waals surface area contributed by atoms with Gasteiger partial charge in [-0.15, -0.1) is 0 Å². The second kappa shape index (κ2) is 7.95. The minimum absolute atomic E-state index is 0.734. The molecule has 1 aromatic rings. The number of hydrogen-bond donors (Lipinski definition) is 1. The van der Waals surface area contributed by atoms with Crippen LogP contribution in [0, 0.1) is 17.8 Å². The van der Waals surface area contributed by atoms with Gasteiger partial charge < -0.3 is 5.32 Å². The molecule has 118 valence electrons. The molecule has 2 nitrogen and oxygen atoms in total. The van der Waals surface area contributed by atoms with Crippen LogP contribution >= 0.6 is 0 Å². The highest BCUT2D eigenvalue weighted by Crippen LogP contribution is 2.23. The zero-order valence-corrected chi connectivity index (χ0v) is 14.2. The molecule has 1 aliphatic heterocycles. The molecule has 2 heteroatoms. The summed E-state index contributed by atoms with van der Waals surface area (Å²) in [4.78, 5) is 2.59. The molecule has 0 radical (unpaired) electrons. The fourth-order valence-corrected chi connectivity index (χ4v) is 3.07. The minimum atomic E-state index is 0.734. The van der Waals surface area contributed by atoms with E-state index < -0.39 is 0 Å². The third-order valence-corrected chi connectivity index (χ3v) is 4.64. The second-order valence-electron chi connectivity index (χ2n) is 7.31. The van der Waals surface area contributed by atoms with E-state index >= 15 is 0 Å². The lowest BCUT2D eigenvalue weighted by Crippen LogP contribution is -2.22. The molecule has 1 N–H and O–H groups in total. The first-order valence-electron chi connectivity index (χ1n) is 8.55. The highest BCUT2D eigenvalue weighted by Gasteiger charge is 2.25. The van der Waals surface area contributed by atoms with E-state index in [1.165, 1.54) is 24.2 Å². The lowest BCUT2D eigenvalue weighted by atomic mass is 10.0. The molecule has 0 aliphatic carbocycles. The fourth-order valence-electron chi connectivity index (χ4n) is 3.07. The van der Waals surface area contributed by atoms with Crippen LogP contribution in [0.5, 0.6) is 0 Å². The summed E-state index contributed by atoms with van der Waals surface area (Å²) in [5, 5.41) is 3.51. The number of benzene rings is 1. The van der Waals surface area contributed by atoms with E-state index in [0.29, 0.717) is 0 Å². The van der Waals surface area contributed by atoms with Gasteiger partial charge in [0.2, 0.25) is 0 Å². The van der Waals surface area contributed by atoms with E-state index in [1.807, 2.05) is 0 Å². The van der Waals surface area contributed by atoms with Crippen LogP contribution in [0.3, 0.4) is 0 Å². The molecule has 1 aromatic carbocycles. The van der Waals surface area contributed by atoms with E-state index in [0.717, 1.165) is 43.8 Å². The van der Waals surface area contributed by atoms with Crippen LogP contribution in [0.25, 0.3) is 0 Å². The first-order chi connectivity index (χ1) is 10.0. The third kappa shape index (κ3) is 5.44. The molecule has 0 aromatic heterocycles. The van der Waals surface area contributed by atoms with Gasteiger partial charge in [-0.25, -0.2) is 0 Å². The molecule has 0 saturated carbocycles. The third-order valence-electron chi connectivity index (χ3n) is 4.64. The SMILES string of the molecule is CC(C)CNCCc1ccc(CN2CC(C)C(C)C2)cc1. The average Bonchev–Trinajstić information content (AvgIpc) is 2.75. The van der Waals surface area contributed by atoms with Crippen molar-refractivity contribution >= 4 is 0 Å². The van der Waals surface area contributed by atoms with Gasteiger partial charge in [-0.1, -0.05) is 52.0 Å². The summed E-state index contributed by atoms with van der Waals surface area (Å²) in [5.41, 5.74) is 2.90. The van der Waals surface area contributed by atoms with Crippen LogP contribution in [-0.4, -0.2) is 31.1 Å². The number of nitrogens with zero attached hydrogens (tertiary/aromatic N) is 1. The van der Waals surface area contributed by atoms with Crippen molar-refractivity contribution in [3.63, 3.8) is 0 Å². The van der Waals surface area contributed by atoms with Crippen LogP contribution < -0.4 is 5.32 Å². The van der Waals surface area contributed by atoms with E-state index in [9.17, 15) is 0 Å². The Bertz CT molecular complexity index is 400. The standard InChI is InChI=1S/C19H32N2/c1-15(2)11-20-10-9-18-5-7-19(8-6-18)14-21-12-16(3)17(4)13-21/h5-8,15-17,20H,9-14H2,1-4H3. The molecule has 2 unspecified atom stereocenters. The molecular weight excluding hydrogens is 256 g/mol. The van der Waals surface area contributed by atoms with Gasteiger partial charge in [-0.3, -0.25) is 4.90 Å². The van der Waals surface area contributed by atoms with Gasteiger partial charge in [0.05, 0.1) is 0 Å². The van der Waals surface area contributed by atoms with Gasteiger partial charge in [0.25, 0.3) is 0 Å². The smallest absolute Gasteiger partial charge is 0.0233 e. The monoisotopic (exact) mass is 288 g/mol. The predicted molar refractivity (Wildman–Crippen MR) is 91.5 cm³/mol. The minimum Gasteiger partial charge on any atom is -0.316 e. The first-order valence-corrected chi connectivity index (χ1v) is 8.55. The second-order valence-corrected chi connectivity index (χ2v) is 7.31. The van der Waals surface area contributed by atoms with E-state index in [-0.39, 0.29) is 0 Å². The summed E-state index contributed by atoms with van der Waals surface area (Å²) >= 11 is 0. The molecule has 2 atom stereocenters. The van der Waals surface area contributed by atoms with E-state index in [4.69, 9.17) is 0 Å². The molecule has 0 spiro atoms. The van der Waals surface area contributed by atoms with Gasteiger partial charge in [-0.2, -0.15) is 0 Å². The summed E-state index contributed by atoms with van der Waals surface area (Å²) in [6, 6.07) is 9.22. The van der Waals surface area contributed by atoms with Crippen molar-refractivity contribution < 1.29 is 0 Å². The largest absolute Gasteiger partial charge is 0.316 e. The quantitative estimate of drug-likeness (QED) is 0.772. The van der Waals surface area contributed by atoms with Crippen molar-refractivity contribution in [2.45, 2.75) is 40.7 Å². The molecule has 0 amide bonds. The maximum Gasteiger partial charge on any atom is 0.0233 e. The summed E-state index contributed by atoms with van der Waals surface area (Å²) in [7, 11) is 0. The summed E-state index contributed by atoms with van der Waals surface area (Å²) in [5.74, 6) is 2.42. The normalized spacial score (nSPS) is 23.1. The molecule has 1 fully saturated rings. The summed E-state index contributed by atoms with van der Waals surface area (Å²) in [6.07, 6.45) is 1.13. The Morgan fingerprint density at radius 2 is 1.62 bits per heavy atom. The van der Waals surface area contributed by atoms with Crippen molar-refractivity contribution in [2.75, 3.05) is 26.2 Å². The lowest BCUT2D eigenvalue weighted by molar-refractivity contribution is 0.316. The Hall–Kier alpha value is -0.860. The molecule has 1 saturated heterocycles. The maximum absolute atomic E-state index is 3.51. The highest BCUT2D eigenvalue weighted by atomic mass is 15.1. The zero-order chi connectivity index (χ0) is 15.2. The number of likely N-dealkylation sites (tertiary alicyclic amines) is 1. The zero-order valence-electron chi connectivity index (χ0n) is 14.2. The lowest BCUT2D eigenvalue weighted by Gasteiger charge is -2.15. The molecule has 1 heterocycles. The molecule has 0 bridgehead atoms. The van der Waals surface area contributed by atoms with Gasteiger partial charge in [-0.05, 0) is 48.4 Å². The molecule has 2 rings (SSSR count). The van der Waals surface area contributed by atoms with Gasteiger partial charge in [0.1, 0.15) is 0 Å². The Morgan fingerprint density at radius 1 is 1.05 bits per heavy atom. The van der Waals surface area contributed by atoms with Crippen LogP contribution in [0.2, 0.25) is 0 Å². The van der Waals surface area contributed by atoms with Crippen LogP contribution in [0.15, 0.2) is 24.3 Å². The summed E-state index contributed by atoms with van der Waals surface area (Å²) in [6.45, 7) is 15.1. The number of nitrogens with one attached hydrogen (secondary N) is 1. The number of hydrogen-bond acceptors (Lipinski definition) is 2. The molecule has 21 heavy (non-hydrogen) atoms. The maximum atomic E-state index is 3.51. The Morgan fingerprint density at radius 3 is 2.19 bits per heavy atom. The van der Waals surface area contributed by atoms with Crippen molar-refractivity contribution in [1.82, 2.24) is 10.2 Å². The first kappa shape index (κ1) is 16.5. The van der Waals surface area contributed by atoms with Gasteiger partial charge in [0.15, 0.2) is 0 Å². The predicted octanol–water partition coefficient (Wildman–Crippen LogP) is 3.56. The molecular formula is C19H32N2. The van der Waals surface area contributed by atoms with Crippen LogP contribution in [-0.2, 0) is 13.0 Å². The molecule has 1 aliphatic rings.